The number of imidazole rings is 1. The summed E-state index contributed by atoms with van der Waals surface area (Å²) in [6.45, 7) is 0. The lowest BCUT2D eigenvalue weighted by molar-refractivity contribution is 0.959. The zero-order valence-electron chi connectivity index (χ0n) is 22.4. The molecule has 41 heavy (non-hydrogen) atoms. The number of aryl methyl sites for hydroxylation is 1. The zero-order chi connectivity index (χ0) is 27.3. The lowest BCUT2D eigenvalue weighted by Crippen LogP contribution is -1.96. The third-order valence-electron chi connectivity index (χ3n) is 7.88. The minimum atomic E-state index is 0.931. The quantitative estimate of drug-likeness (QED) is 0.231. The highest BCUT2D eigenvalue weighted by Gasteiger charge is 2.16. The lowest BCUT2D eigenvalue weighted by atomic mass is 10.1. The maximum absolute atomic E-state index is 4.97. The number of para-hydroxylation sites is 3. The van der Waals surface area contributed by atoms with Crippen LogP contribution in [-0.4, -0.2) is 24.1 Å². The predicted octanol–water partition coefficient (Wildman–Crippen LogP) is 8.46. The summed E-state index contributed by atoms with van der Waals surface area (Å²) in [5.41, 5.74) is 10.7. The van der Waals surface area contributed by atoms with E-state index < -0.39 is 0 Å². The van der Waals surface area contributed by atoms with Crippen molar-refractivity contribution in [2.75, 3.05) is 0 Å². The van der Waals surface area contributed by atoms with E-state index in [1.165, 1.54) is 16.3 Å². The molecular weight excluding hydrogens is 502 g/mol. The number of pyridine rings is 2. The van der Waals surface area contributed by atoms with Crippen molar-refractivity contribution < 1.29 is 0 Å². The molecule has 0 saturated heterocycles. The van der Waals surface area contributed by atoms with Crippen molar-refractivity contribution in [3.63, 3.8) is 0 Å². The first kappa shape index (κ1) is 23.3. The van der Waals surface area contributed by atoms with Gasteiger partial charge < -0.3 is 9.13 Å². The van der Waals surface area contributed by atoms with E-state index >= 15 is 0 Å². The van der Waals surface area contributed by atoms with Gasteiger partial charge in [-0.05, 0) is 48.5 Å². The van der Waals surface area contributed by atoms with Crippen LogP contribution in [-0.2, 0) is 7.05 Å². The maximum atomic E-state index is 4.97. The molecule has 4 aromatic carbocycles. The summed E-state index contributed by atoms with van der Waals surface area (Å²) in [4.78, 5) is 14.0. The van der Waals surface area contributed by atoms with Gasteiger partial charge in [0.2, 0.25) is 0 Å². The molecule has 4 heterocycles. The molecular formula is C36H25N5. The van der Waals surface area contributed by atoms with Crippen LogP contribution in [0, 0.1) is 0 Å². The third-order valence-corrected chi connectivity index (χ3v) is 7.88. The van der Waals surface area contributed by atoms with Crippen LogP contribution < -0.4 is 0 Å². The van der Waals surface area contributed by atoms with Gasteiger partial charge in [0.25, 0.3) is 0 Å². The van der Waals surface area contributed by atoms with Gasteiger partial charge in [-0.1, -0.05) is 66.7 Å². The van der Waals surface area contributed by atoms with Crippen molar-refractivity contribution in [1.29, 1.82) is 0 Å². The summed E-state index contributed by atoms with van der Waals surface area (Å²) in [5, 5.41) is 2.44. The van der Waals surface area contributed by atoms with Gasteiger partial charge in [0, 0.05) is 64.4 Å². The van der Waals surface area contributed by atoms with E-state index in [0.29, 0.717) is 0 Å². The van der Waals surface area contributed by atoms with Gasteiger partial charge >= 0.3 is 0 Å². The van der Waals surface area contributed by atoms with E-state index in [0.717, 1.165) is 56.0 Å². The Hall–Kier alpha value is -5.55. The van der Waals surface area contributed by atoms with E-state index in [9.17, 15) is 0 Å². The van der Waals surface area contributed by atoms with Crippen LogP contribution in [0.4, 0.5) is 0 Å². The second-order valence-electron chi connectivity index (χ2n) is 10.3. The molecule has 0 unspecified atom stereocenters. The predicted molar refractivity (Wildman–Crippen MR) is 167 cm³/mol. The zero-order valence-corrected chi connectivity index (χ0v) is 22.4. The summed E-state index contributed by atoms with van der Waals surface area (Å²) in [6, 6.07) is 40.4. The highest BCUT2D eigenvalue weighted by molar-refractivity contribution is 6.10. The summed E-state index contributed by atoms with van der Waals surface area (Å²) < 4.78 is 4.52. The molecule has 5 nitrogen and oxygen atoms in total. The van der Waals surface area contributed by atoms with Gasteiger partial charge in [-0.15, -0.1) is 0 Å². The average Bonchev–Trinajstić information content (AvgIpc) is 3.56. The van der Waals surface area contributed by atoms with Gasteiger partial charge in [0.1, 0.15) is 5.82 Å². The van der Waals surface area contributed by atoms with Crippen LogP contribution in [0.25, 0.3) is 72.3 Å². The standard InChI is InChI=1S/C36H25N5/c1-40-34-14-5-3-12-32(34)39-36(40)25-15-17-30-29-11-2-4-13-33(29)41(35(30)21-25)28-10-6-8-24(20-28)31-18-16-27(23-38-31)26-9-7-19-37-22-26/h2-23H,1H3. The number of nitrogens with zero attached hydrogens (tertiary/aromatic N) is 5. The van der Waals surface area contributed by atoms with Crippen molar-refractivity contribution in [2.24, 2.45) is 7.05 Å². The van der Waals surface area contributed by atoms with Gasteiger partial charge in [-0.3, -0.25) is 9.97 Å². The molecule has 0 bridgehead atoms. The number of rotatable bonds is 4. The highest BCUT2D eigenvalue weighted by Crippen LogP contribution is 2.36. The highest BCUT2D eigenvalue weighted by atomic mass is 15.1. The van der Waals surface area contributed by atoms with E-state index in [-0.39, 0.29) is 0 Å². The Kier molecular flexibility index (Phi) is 5.28. The molecule has 8 rings (SSSR count). The molecule has 0 radical (unpaired) electrons. The maximum Gasteiger partial charge on any atom is 0.140 e. The number of aromatic nitrogens is 5. The largest absolute Gasteiger partial charge is 0.327 e. The van der Waals surface area contributed by atoms with Crippen molar-refractivity contribution in [3.05, 3.63) is 134 Å². The second kappa shape index (κ2) is 9.28. The van der Waals surface area contributed by atoms with Gasteiger partial charge in [0.15, 0.2) is 0 Å². The monoisotopic (exact) mass is 527 g/mol. The molecule has 0 amide bonds. The molecule has 4 aromatic heterocycles. The minimum Gasteiger partial charge on any atom is -0.327 e. The van der Waals surface area contributed by atoms with Crippen molar-refractivity contribution in [1.82, 2.24) is 24.1 Å². The van der Waals surface area contributed by atoms with Gasteiger partial charge in [-0.2, -0.15) is 0 Å². The summed E-state index contributed by atoms with van der Waals surface area (Å²) >= 11 is 0. The number of hydrogen-bond donors (Lipinski definition) is 0. The molecule has 0 N–H and O–H groups in total. The minimum absolute atomic E-state index is 0.931. The normalized spacial score (nSPS) is 11.5. The van der Waals surface area contributed by atoms with E-state index in [1.54, 1.807) is 6.20 Å². The van der Waals surface area contributed by atoms with Crippen LogP contribution in [0.1, 0.15) is 0 Å². The average molecular weight is 528 g/mol. The fourth-order valence-electron chi connectivity index (χ4n) is 5.86. The number of fused-ring (bicyclic) bond motifs is 4. The number of benzene rings is 4. The van der Waals surface area contributed by atoms with Crippen LogP contribution >= 0.6 is 0 Å². The van der Waals surface area contributed by atoms with Crippen LogP contribution in [0.5, 0.6) is 0 Å². The molecule has 0 aliphatic heterocycles. The molecule has 8 aromatic rings. The Balaban J connectivity index is 1.28. The molecule has 0 spiro atoms. The molecule has 0 saturated carbocycles. The molecule has 0 aliphatic rings. The topological polar surface area (TPSA) is 48.5 Å². The first-order valence-corrected chi connectivity index (χ1v) is 13.7. The van der Waals surface area contributed by atoms with E-state index in [1.807, 2.05) is 24.5 Å². The van der Waals surface area contributed by atoms with Crippen LogP contribution in [0.3, 0.4) is 0 Å². The summed E-state index contributed by atoms with van der Waals surface area (Å²) in [7, 11) is 2.08. The van der Waals surface area contributed by atoms with Gasteiger partial charge in [-0.25, -0.2) is 4.98 Å². The summed E-state index contributed by atoms with van der Waals surface area (Å²) in [6.07, 6.45) is 5.57. The Morgan fingerprint density at radius 3 is 2.17 bits per heavy atom. The van der Waals surface area contributed by atoms with Crippen molar-refractivity contribution in [3.8, 4) is 39.5 Å². The fraction of sp³-hybridized carbons (Fsp3) is 0.0278. The van der Waals surface area contributed by atoms with Crippen molar-refractivity contribution >= 4 is 32.8 Å². The van der Waals surface area contributed by atoms with Gasteiger partial charge in [0.05, 0.1) is 27.8 Å². The SMILES string of the molecule is Cn1c(-c2ccc3c4ccccc4n(-c4cccc(-c5ccc(-c6cccnc6)cn5)c4)c3c2)nc2ccccc21. The summed E-state index contributed by atoms with van der Waals surface area (Å²) in [5.74, 6) is 0.955. The Labute approximate surface area is 237 Å². The van der Waals surface area contributed by atoms with Crippen molar-refractivity contribution in [2.45, 2.75) is 0 Å². The fourth-order valence-corrected chi connectivity index (χ4v) is 5.86. The Morgan fingerprint density at radius 1 is 0.561 bits per heavy atom. The lowest BCUT2D eigenvalue weighted by Gasteiger charge is -2.11. The second-order valence-corrected chi connectivity index (χ2v) is 10.3. The van der Waals surface area contributed by atoms with Crippen LogP contribution in [0.2, 0.25) is 0 Å². The smallest absolute Gasteiger partial charge is 0.140 e. The Morgan fingerprint density at radius 2 is 1.34 bits per heavy atom. The number of hydrogen-bond acceptors (Lipinski definition) is 3. The molecule has 0 fully saturated rings. The first-order chi connectivity index (χ1) is 20.2. The molecule has 0 atom stereocenters. The van der Waals surface area contributed by atoms with E-state index in [4.69, 9.17) is 9.97 Å². The third kappa shape index (κ3) is 3.82. The van der Waals surface area contributed by atoms with Crippen LogP contribution in [0.15, 0.2) is 134 Å². The van der Waals surface area contributed by atoms with E-state index in [2.05, 4.69) is 124 Å². The first-order valence-electron chi connectivity index (χ1n) is 13.7. The molecule has 0 aliphatic carbocycles. The Bertz CT molecular complexity index is 2210. The molecule has 5 heteroatoms. The molecule has 194 valence electrons.